The zero-order valence-corrected chi connectivity index (χ0v) is 12.8. The van der Waals surface area contributed by atoms with Gasteiger partial charge in [-0.05, 0) is 44.5 Å². The minimum Gasteiger partial charge on any atom is -0.349 e. The van der Waals surface area contributed by atoms with E-state index in [1.54, 1.807) is 0 Å². The van der Waals surface area contributed by atoms with E-state index in [0.29, 0.717) is 0 Å². The summed E-state index contributed by atoms with van der Waals surface area (Å²) in [6.07, 6.45) is 0.881. The van der Waals surface area contributed by atoms with E-state index in [9.17, 15) is 9.59 Å². The lowest BCUT2D eigenvalue weighted by Gasteiger charge is -2.20. The predicted octanol–water partition coefficient (Wildman–Crippen LogP) is 1.82. The SMILES string of the molecule is CC(=O)Nc1cccc(C(C)NC(=O)C2CCNC2C)c1. The lowest BCUT2D eigenvalue weighted by Crippen LogP contribution is -2.37. The third kappa shape index (κ3) is 4.04. The Labute approximate surface area is 125 Å². The smallest absolute Gasteiger partial charge is 0.225 e. The molecular weight excluding hydrogens is 266 g/mol. The lowest BCUT2D eigenvalue weighted by atomic mass is 10.00. The van der Waals surface area contributed by atoms with Crippen molar-refractivity contribution in [2.75, 3.05) is 11.9 Å². The summed E-state index contributed by atoms with van der Waals surface area (Å²) in [6, 6.07) is 7.70. The Balaban J connectivity index is 2.01. The van der Waals surface area contributed by atoms with E-state index < -0.39 is 0 Å². The van der Waals surface area contributed by atoms with Gasteiger partial charge in [0.1, 0.15) is 0 Å². The van der Waals surface area contributed by atoms with Crippen LogP contribution in [0.2, 0.25) is 0 Å². The molecule has 1 aromatic rings. The van der Waals surface area contributed by atoms with Gasteiger partial charge in [0.25, 0.3) is 0 Å². The first kappa shape index (κ1) is 15.5. The van der Waals surface area contributed by atoms with Crippen molar-refractivity contribution in [1.29, 1.82) is 0 Å². The van der Waals surface area contributed by atoms with Crippen LogP contribution in [0.15, 0.2) is 24.3 Å². The number of benzene rings is 1. The molecule has 1 saturated heterocycles. The maximum absolute atomic E-state index is 12.3. The van der Waals surface area contributed by atoms with E-state index >= 15 is 0 Å². The maximum Gasteiger partial charge on any atom is 0.225 e. The van der Waals surface area contributed by atoms with Crippen LogP contribution < -0.4 is 16.0 Å². The fraction of sp³-hybridized carbons (Fsp3) is 0.500. The van der Waals surface area contributed by atoms with Crippen LogP contribution in [0.5, 0.6) is 0 Å². The number of nitrogens with one attached hydrogen (secondary N) is 3. The van der Waals surface area contributed by atoms with Crippen LogP contribution in [0.4, 0.5) is 5.69 Å². The van der Waals surface area contributed by atoms with Crippen molar-refractivity contribution in [3.8, 4) is 0 Å². The first-order valence-electron chi connectivity index (χ1n) is 7.38. The zero-order valence-electron chi connectivity index (χ0n) is 12.8. The molecule has 0 bridgehead atoms. The highest BCUT2D eigenvalue weighted by atomic mass is 16.2. The quantitative estimate of drug-likeness (QED) is 0.792. The number of anilines is 1. The van der Waals surface area contributed by atoms with Gasteiger partial charge in [-0.2, -0.15) is 0 Å². The maximum atomic E-state index is 12.3. The minimum atomic E-state index is -0.102. The Morgan fingerprint density at radius 2 is 2.14 bits per heavy atom. The van der Waals surface area contributed by atoms with Gasteiger partial charge in [-0.15, -0.1) is 0 Å². The summed E-state index contributed by atoms with van der Waals surface area (Å²) in [6.45, 7) is 6.37. The van der Waals surface area contributed by atoms with Crippen LogP contribution in [0.1, 0.15) is 38.8 Å². The Morgan fingerprint density at radius 1 is 1.38 bits per heavy atom. The largest absolute Gasteiger partial charge is 0.349 e. The third-order valence-corrected chi connectivity index (χ3v) is 3.93. The van der Waals surface area contributed by atoms with Gasteiger partial charge in [0.15, 0.2) is 0 Å². The molecule has 1 aliphatic heterocycles. The molecule has 2 amide bonds. The van der Waals surface area contributed by atoms with Crippen LogP contribution in [-0.2, 0) is 9.59 Å². The molecule has 0 spiro atoms. The van der Waals surface area contributed by atoms with Crippen LogP contribution in [0, 0.1) is 5.92 Å². The predicted molar refractivity (Wildman–Crippen MR) is 82.9 cm³/mol. The number of carbonyl (C=O) groups excluding carboxylic acids is 2. The molecule has 0 saturated carbocycles. The Kier molecular flexibility index (Phi) is 4.96. The fourth-order valence-electron chi connectivity index (χ4n) is 2.71. The summed E-state index contributed by atoms with van der Waals surface area (Å²) in [7, 11) is 0. The number of rotatable bonds is 4. The summed E-state index contributed by atoms with van der Waals surface area (Å²) in [5.41, 5.74) is 1.73. The molecule has 3 N–H and O–H groups in total. The topological polar surface area (TPSA) is 70.2 Å². The standard InChI is InChI=1S/C16H23N3O2/c1-10(18-16(21)15-7-8-17-11(15)2)13-5-4-6-14(9-13)19-12(3)20/h4-6,9-11,15,17H,7-8H2,1-3H3,(H,18,21)(H,19,20). The summed E-state index contributed by atoms with van der Waals surface area (Å²) in [4.78, 5) is 23.4. The van der Waals surface area contributed by atoms with E-state index in [1.165, 1.54) is 6.92 Å². The van der Waals surface area contributed by atoms with Crippen molar-refractivity contribution in [3.63, 3.8) is 0 Å². The molecule has 1 aromatic carbocycles. The van der Waals surface area contributed by atoms with Gasteiger partial charge >= 0.3 is 0 Å². The Hall–Kier alpha value is -1.88. The van der Waals surface area contributed by atoms with Crippen molar-refractivity contribution in [1.82, 2.24) is 10.6 Å². The molecule has 3 unspecified atom stereocenters. The first-order valence-corrected chi connectivity index (χ1v) is 7.38. The van der Waals surface area contributed by atoms with E-state index in [4.69, 9.17) is 0 Å². The van der Waals surface area contributed by atoms with Crippen molar-refractivity contribution in [2.24, 2.45) is 5.92 Å². The van der Waals surface area contributed by atoms with Crippen LogP contribution in [0.3, 0.4) is 0 Å². The average molecular weight is 289 g/mol. The van der Waals surface area contributed by atoms with E-state index in [-0.39, 0.29) is 29.8 Å². The normalized spacial score (nSPS) is 22.6. The number of hydrogen-bond donors (Lipinski definition) is 3. The lowest BCUT2D eigenvalue weighted by molar-refractivity contribution is -0.125. The van der Waals surface area contributed by atoms with Gasteiger partial charge in [-0.1, -0.05) is 12.1 Å². The second-order valence-electron chi connectivity index (χ2n) is 5.67. The van der Waals surface area contributed by atoms with Gasteiger partial charge in [-0.3, -0.25) is 9.59 Å². The molecule has 0 aromatic heterocycles. The highest BCUT2D eigenvalue weighted by Crippen LogP contribution is 2.20. The molecule has 1 fully saturated rings. The van der Waals surface area contributed by atoms with Gasteiger partial charge in [0, 0.05) is 18.7 Å². The monoisotopic (exact) mass is 289 g/mol. The molecule has 5 heteroatoms. The highest BCUT2D eigenvalue weighted by Gasteiger charge is 2.30. The molecule has 1 aliphatic rings. The first-order chi connectivity index (χ1) is 9.97. The highest BCUT2D eigenvalue weighted by molar-refractivity contribution is 5.88. The van der Waals surface area contributed by atoms with Crippen molar-refractivity contribution in [2.45, 2.75) is 39.3 Å². The molecule has 2 rings (SSSR count). The second kappa shape index (κ2) is 6.72. The second-order valence-corrected chi connectivity index (χ2v) is 5.67. The molecule has 3 atom stereocenters. The zero-order chi connectivity index (χ0) is 15.4. The molecule has 21 heavy (non-hydrogen) atoms. The third-order valence-electron chi connectivity index (χ3n) is 3.93. The number of hydrogen-bond acceptors (Lipinski definition) is 3. The molecule has 0 radical (unpaired) electrons. The Morgan fingerprint density at radius 3 is 2.76 bits per heavy atom. The molecule has 0 aliphatic carbocycles. The van der Waals surface area contributed by atoms with E-state index in [2.05, 4.69) is 16.0 Å². The summed E-state index contributed by atoms with van der Waals surface area (Å²) in [5, 5.41) is 9.10. The number of amides is 2. The summed E-state index contributed by atoms with van der Waals surface area (Å²) in [5.74, 6) is 0.0191. The fourth-order valence-corrected chi connectivity index (χ4v) is 2.71. The minimum absolute atomic E-state index is 0.0333. The van der Waals surface area contributed by atoms with E-state index in [0.717, 1.165) is 24.2 Å². The van der Waals surface area contributed by atoms with Gasteiger partial charge < -0.3 is 16.0 Å². The van der Waals surface area contributed by atoms with Crippen molar-refractivity contribution in [3.05, 3.63) is 29.8 Å². The van der Waals surface area contributed by atoms with Crippen LogP contribution in [-0.4, -0.2) is 24.4 Å². The van der Waals surface area contributed by atoms with Gasteiger partial charge in [-0.25, -0.2) is 0 Å². The average Bonchev–Trinajstić information content (AvgIpc) is 2.84. The Bertz CT molecular complexity index is 530. The summed E-state index contributed by atoms with van der Waals surface area (Å²) < 4.78 is 0. The van der Waals surface area contributed by atoms with Gasteiger partial charge in [0.05, 0.1) is 12.0 Å². The van der Waals surface area contributed by atoms with Crippen molar-refractivity contribution < 1.29 is 9.59 Å². The molecule has 114 valence electrons. The molecule has 5 nitrogen and oxygen atoms in total. The molecular formula is C16H23N3O2. The number of carbonyl (C=O) groups is 2. The molecule has 1 heterocycles. The van der Waals surface area contributed by atoms with E-state index in [1.807, 2.05) is 38.1 Å². The van der Waals surface area contributed by atoms with Gasteiger partial charge in [0.2, 0.25) is 11.8 Å². The van der Waals surface area contributed by atoms with Crippen LogP contribution in [0.25, 0.3) is 0 Å². The van der Waals surface area contributed by atoms with Crippen molar-refractivity contribution >= 4 is 17.5 Å². The summed E-state index contributed by atoms with van der Waals surface area (Å²) >= 11 is 0. The van der Waals surface area contributed by atoms with Crippen LogP contribution >= 0.6 is 0 Å².